The molecule has 0 aliphatic carbocycles. The summed E-state index contributed by atoms with van der Waals surface area (Å²) in [6.07, 6.45) is 3.48. The molecule has 2 aliphatic rings. The van der Waals surface area contributed by atoms with Gasteiger partial charge in [0.15, 0.2) is 0 Å². The number of hydrogen-bond acceptors (Lipinski definition) is 3. The van der Waals surface area contributed by atoms with E-state index in [0.717, 1.165) is 41.2 Å². The Balaban J connectivity index is 1.81. The Morgan fingerprint density at radius 3 is 2.91 bits per heavy atom. The molecule has 0 bridgehead atoms. The third kappa shape index (κ3) is 1.98. The molecule has 4 nitrogen and oxygen atoms in total. The van der Waals surface area contributed by atoms with Gasteiger partial charge in [-0.2, -0.15) is 0 Å². The highest BCUT2D eigenvalue weighted by atomic mass is 16.5. The van der Waals surface area contributed by atoms with E-state index >= 15 is 0 Å². The molecule has 1 unspecified atom stereocenters. The molecular formula is C18H18N2O2. The fraction of sp³-hybridized carbons (Fsp3) is 0.333. The first-order valence-electron chi connectivity index (χ1n) is 7.71. The molecule has 0 N–H and O–H groups in total. The largest absolute Gasteiger partial charge is 0.485 e. The van der Waals surface area contributed by atoms with Crippen molar-refractivity contribution in [3.8, 4) is 16.9 Å². The Morgan fingerprint density at radius 1 is 1.27 bits per heavy atom. The van der Waals surface area contributed by atoms with Crippen LogP contribution < -0.4 is 9.64 Å². The Kier molecular flexibility index (Phi) is 2.93. The Hall–Kier alpha value is -2.36. The lowest BCUT2D eigenvalue weighted by molar-refractivity contribution is -0.117. The van der Waals surface area contributed by atoms with E-state index in [1.807, 2.05) is 36.2 Å². The van der Waals surface area contributed by atoms with Gasteiger partial charge in [-0.1, -0.05) is 0 Å². The van der Waals surface area contributed by atoms with Crippen molar-refractivity contribution in [3.63, 3.8) is 0 Å². The quantitative estimate of drug-likeness (QED) is 0.806. The van der Waals surface area contributed by atoms with Crippen LogP contribution in [0.3, 0.4) is 0 Å². The Labute approximate surface area is 129 Å². The van der Waals surface area contributed by atoms with E-state index < -0.39 is 0 Å². The summed E-state index contributed by atoms with van der Waals surface area (Å²) >= 11 is 0. The van der Waals surface area contributed by atoms with Crippen molar-refractivity contribution >= 4 is 11.6 Å². The molecule has 0 spiro atoms. The molecule has 4 heteroatoms. The number of anilines is 1. The number of rotatable bonds is 1. The van der Waals surface area contributed by atoms with Crippen LogP contribution in [0.15, 0.2) is 30.5 Å². The number of nitrogens with zero attached hydrogens (tertiary/aromatic N) is 2. The maximum Gasteiger partial charge on any atom is 0.227 e. The minimum atomic E-state index is -0.00581. The van der Waals surface area contributed by atoms with Crippen LogP contribution in [-0.4, -0.2) is 17.4 Å². The van der Waals surface area contributed by atoms with Gasteiger partial charge in [-0.3, -0.25) is 9.78 Å². The molecule has 0 saturated carbocycles. The number of ether oxygens (including phenoxy) is 1. The van der Waals surface area contributed by atoms with E-state index in [-0.39, 0.29) is 12.0 Å². The highest BCUT2D eigenvalue weighted by molar-refractivity contribution is 5.96. The molecule has 2 aromatic rings. The normalized spacial score (nSPS) is 19.6. The zero-order valence-electron chi connectivity index (χ0n) is 12.8. The second-order valence-electron chi connectivity index (χ2n) is 6.00. The highest BCUT2D eigenvalue weighted by Crippen LogP contribution is 2.43. The molecule has 0 radical (unpaired) electrons. The van der Waals surface area contributed by atoms with Gasteiger partial charge >= 0.3 is 0 Å². The number of fused-ring (bicyclic) bond motifs is 3. The van der Waals surface area contributed by atoms with E-state index in [2.05, 4.69) is 18.0 Å². The fourth-order valence-corrected chi connectivity index (χ4v) is 3.32. The Bertz CT molecular complexity index is 770. The standard InChI is InChI=1S/C18H18N2O2/c1-11-8-15-12(2)22-17-9-13(20-7-3-4-18(20)21)5-6-14(17)16(15)10-19-11/h5-6,8-10,12H,3-4,7H2,1-2H3. The van der Waals surface area contributed by atoms with Gasteiger partial charge in [-0.15, -0.1) is 0 Å². The number of pyridine rings is 1. The predicted molar refractivity (Wildman–Crippen MR) is 85.0 cm³/mol. The number of hydrogen-bond donors (Lipinski definition) is 0. The molecule has 22 heavy (non-hydrogen) atoms. The van der Waals surface area contributed by atoms with Crippen LogP contribution in [0.25, 0.3) is 11.1 Å². The number of aromatic nitrogens is 1. The second-order valence-corrected chi connectivity index (χ2v) is 6.00. The van der Waals surface area contributed by atoms with Gasteiger partial charge in [0.2, 0.25) is 5.91 Å². The lowest BCUT2D eigenvalue weighted by atomic mass is 9.94. The van der Waals surface area contributed by atoms with E-state index in [0.29, 0.717) is 6.42 Å². The second kappa shape index (κ2) is 4.83. The third-order valence-corrected chi connectivity index (χ3v) is 4.45. The van der Waals surface area contributed by atoms with Gasteiger partial charge in [0, 0.05) is 53.3 Å². The minimum Gasteiger partial charge on any atom is -0.485 e. The molecule has 1 atom stereocenters. The fourth-order valence-electron chi connectivity index (χ4n) is 3.32. The van der Waals surface area contributed by atoms with Gasteiger partial charge in [-0.05, 0) is 38.5 Å². The van der Waals surface area contributed by atoms with Crippen molar-refractivity contribution in [1.82, 2.24) is 4.98 Å². The number of amides is 1. The lowest BCUT2D eigenvalue weighted by Gasteiger charge is -2.28. The molecule has 3 heterocycles. The first-order valence-corrected chi connectivity index (χ1v) is 7.71. The molecule has 4 rings (SSSR count). The summed E-state index contributed by atoms with van der Waals surface area (Å²) in [6.45, 7) is 4.84. The van der Waals surface area contributed by atoms with Crippen molar-refractivity contribution < 1.29 is 9.53 Å². The van der Waals surface area contributed by atoms with Crippen molar-refractivity contribution in [2.75, 3.05) is 11.4 Å². The summed E-state index contributed by atoms with van der Waals surface area (Å²) in [5, 5.41) is 0. The van der Waals surface area contributed by atoms with Crippen molar-refractivity contribution in [2.45, 2.75) is 32.8 Å². The van der Waals surface area contributed by atoms with Crippen LogP contribution in [0.4, 0.5) is 5.69 Å². The SMILES string of the molecule is Cc1cc2c(cn1)-c1ccc(N3CCCC3=O)cc1OC2C. The van der Waals surface area contributed by atoms with Crippen molar-refractivity contribution in [3.05, 3.63) is 41.7 Å². The maximum atomic E-state index is 11.9. The Morgan fingerprint density at radius 2 is 2.14 bits per heavy atom. The first kappa shape index (κ1) is 13.3. The summed E-state index contributed by atoms with van der Waals surface area (Å²) in [5.74, 6) is 1.03. The maximum absolute atomic E-state index is 11.9. The number of carbonyl (C=O) groups excluding carboxylic acids is 1. The van der Waals surface area contributed by atoms with Crippen LogP contribution in [0.2, 0.25) is 0 Å². The number of aryl methyl sites for hydroxylation is 1. The van der Waals surface area contributed by atoms with Gasteiger partial charge in [0.25, 0.3) is 0 Å². The van der Waals surface area contributed by atoms with Crippen molar-refractivity contribution in [1.29, 1.82) is 0 Å². The summed E-state index contributed by atoms with van der Waals surface area (Å²) in [6, 6.07) is 8.11. The molecule has 1 amide bonds. The molecule has 1 aromatic heterocycles. The molecule has 1 saturated heterocycles. The van der Waals surface area contributed by atoms with Gasteiger partial charge < -0.3 is 9.64 Å². The van der Waals surface area contributed by atoms with E-state index in [1.165, 1.54) is 5.56 Å². The number of carbonyl (C=O) groups is 1. The highest BCUT2D eigenvalue weighted by Gasteiger charge is 2.26. The van der Waals surface area contributed by atoms with Crippen LogP contribution in [0.1, 0.15) is 37.1 Å². The molecular weight excluding hydrogens is 276 g/mol. The topological polar surface area (TPSA) is 42.4 Å². The lowest BCUT2D eigenvalue weighted by Crippen LogP contribution is -2.24. The summed E-state index contributed by atoms with van der Waals surface area (Å²) in [5.41, 5.74) is 5.27. The molecule has 112 valence electrons. The molecule has 1 aromatic carbocycles. The van der Waals surface area contributed by atoms with Gasteiger partial charge in [-0.25, -0.2) is 0 Å². The summed E-state index contributed by atoms with van der Waals surface area (Å²) in [7, 11) is 0. The average Bonchev–Trinajstić information content (AvgIpc) is 2.93. The number of benzene rings is 1. The van der Waals surface area contributed by atoms with E-state index in [1.54, 1.807) is 0 Å². The monoisotopic (exact) mass is 294 g/mol. The van der Waals surface area contributed by atoms with E-state index in [9.17, 15) is 4.79 Å². The minimum absolute atomic E-state index is 0.00581. The van der Waals surface area contributed by atoms with E-state index in [4.69, 9.17) is 4.74 Å². The zero-order valence-corrected chi connectivity index (χ0v) is 12.8. The van der Waals surface area contributed by atoms with Gasteiger partial charge in [0.05, 0.1) is 0 Å². The van der Waals surface area contributed by atoms with Gasteiger partial charge in [0.1, 0.15) is 11.9 Å². The van der Waals surface area contributed by atoms with Crippen LogP contribution in [0, 0.1) is 6.92 Å². The molecule has 2 aliphatic heterocycles. The third-order valence-electron chi connectivity index (χ3n) is 4.45. The average molecular weight is 294 g/mol. The van der Waals surface area contributed by atoms with Crippen LogP contribution >= 0.6 is 0 Å². The molecule has 1 fully saturated rings. The summed E-state index contributed by atoms with van der Waals surface area (Å²) < 4.78 is 6.08. The summed E-state index contributed by atoms with van der Waals surface area (Å²) in [4.78, 5) is 18.2. The van der Waals surface area contributed by atoms with Crippen LogP contribution in [-0.2, 0) is 4.79 Å². The smallest absolute Gasteiger partial charge is 0.227 e. The predicted octanol–water partition coefficient (Wildman–Crippen LogP) is 3.64. The van der Waals surface area contributed by atoms with Crippen molar-refractivity contribution in [2.24, 2.45) is 0 Å². The van der Waals surface area contributed by atoms with Crippen LogP contribution in [0.5, 0.6) is 5.75 Å². The zero-order chi connectivity index (χ0) is 15.3. The first-order chi connectivity index (χ1) is 10.6.